The second-order valence-electron chi connectivity index (χ2n) is 4.96. The fourth-order valence-electron chi connectivity index (χ4n) is 2.16. The quantitative estimate of drug-likeness (QED) is 0.827. The number of nitrogens with zero attached hydrogens (tertiary/aromatic N) is 3. The van der Waals surface area contributed by atoms with Crippen LogP contribution >= 0.6 is 22.9 Å². The van der Waals surface area contributed by atoms with Gasteiger partial charge in [0, 0.05) is 19.0 Å². The highest BCUT2D eigenvalue weighted by Gasteiger charge is 2.40. The number of anilines is 1. The van der Waals surface area contributed by atoms with E-state index < -0.39 is 16.2 Å². The lowest BCUT2D eigenvalue weighted by Gasteiger charge is -2.36. The van der Waals surface area contributed by atoms with E-state index in [1.54, 1.807) is 0 Å². The van der Waals surface area contributed by atoms with Crippen molar-refractivity contribution in [2.45, 2.75) is 25.1 Å². The monoisotopic (exact) mass is 354 g/mol. The number of aliphatic imine (C=N–C) groups is 1. The van der Waals surface area contributed by atoms with Gasteiger partial charge in [-0.05, 0) is 19.6 Å². The minimum atomic E-state index is -4.57. The van der Waals surface area contributed by atoms with Crippen molar-refractivity contribution < 1.29 is 18.0 Å². The number of rotatable bonds is 5. The zero-order valence-corrected chi connectivity index (χ0v) is 13.2. The average Bonchev–Trinajstić information content (AvgIpc) is 2.78. The van der Waals surface area contributed by atoms with Crippen LogP contribution in [-0.4, -0.2) is 37.4 Å². The molecule has 1 fully saturated rings. The molecule has 0 radical (unpaired) electrons. The van der Waals surface area contributed by atoms with Crippen LogP contribution in [-0.2, 0) is 11.0 Å². The first-order valence-corrected chi connectivity index (χ1v) is 7.60. The summed E-state index contributed by atoms with van der Waals surface area (Å²) >= 11 is 5.87. The SMILES string of the molecule is C=NCNC1CC(C(=O)N(C)c2nc(Cl)c(C(F)(F)F)s2)C1. The lowest BCUT2D eigenvalue weighted by atomic mass is 9.79. The number of carbonyl (C=O) groups excluding carboxylic acids is 1. The number of aromatic nitrogens is 1. The van der Waals surface area contributed by atoms with Crippen LogP contribution in [0.25, 0.3) is 0 Å². The maximum Gasteiger partial charge on any atom is 0.428 e. The van der Waals surface area contributed by atoms with E-state index >= 15 is 0 Å². The summed E-state index contributed by atoms with van der Waals surface area (Å²) in [5.41, 5.74) is 0. The highest BCUT2D eigenvalue weighted by atomic mass is 35.5. The molecule has 1 amide bonds. The van der Waals surface area contributed by atoms with Gasteiger partial charge in [0.15, 0.2) is 10.3 Å². The van der Waals surface area contributed by atoms with E-state index in [1.807, 2.05) is 0 Å². The van der Waals surface area contributed by atoms with Gasteiger partial charge in [0.2, 0.25) is 5.91 Å². The fraction of sp³-hybridized carbons (Fsp3) is 0.583. The van der Waals surface area contributed by atoms with Crippen LogP contribution < -0.4 is 10.2 Å². The zero-order chi connectivity index (χ0) is 16.5. The molecule has 0 saturated heterocycles. The molecular formula is C12H14ClF3N4OS. The first-order chi connectivity index (χ1) is 10.2. The summed E-state index contributed by atoms with van der Waals surface area (Å²) in [5.74, 6) is -0.493. The van der Waals surface area contributed by atoms with Gasteiger partial charge in [0.05, 0.1) is 6.67 Å². The lowest BCUT2D eigenvalue weighted by molar-refractivity contribution is -0.134. The molecule has 0 spiro atoms. The molecule has 10 heteroatoms. The molecule has 0 aromatic carbocycles. The second kappa shape index (κ2) is 6.51. The van der Waals surface area contributed by atoms with E-state index in [0.717, 1.165) is 4.90 Å². The molecule has 1 aliphatic rings. The molecule has 0 atom stereocenters. The lowest BCUT2D eigenvalue weighted by Crippen LogP contribution is -2.48. The third kappa shape index (κ3) is 3.58. The van der Waals surface area contributed by atoms with Crippen molar-refractivity contribution in [2.75, 3.05) is 18.6 Å². The Morgan fingerprint density at radius 3 is 2.73 bits per heavy atom. The van der Waals surface area contributed by atoms with E-state index in [1.165, 1.54) is 7.05 Å². The minimum Gasteiger partial charge on any atom is -0.296 e. The first-order valence-electron chi connectivity index (χ1n) is 6.41. The summed E-state index contributed by atoms with van der Waals surface area (Å²) in [7, 11) is 1.41. The minimum absolute atomic E-state index is 0.0495. The number of thiazole rings is 1. The Hall–Kier alpha value is -1.19. The van der Waals surface area contributed by atoms with Crippen LogP contribution in [0.5, 0.6) is 0 Å². The highest BCUT2D eigenvalue weighted by molar-refractivity contribution is 7.16. The number of alkyl halides is 3. The Morgan fingerprint density at radius 2 is 2.23 bits per heavy atom. The molecule has 1 aromatic heterocycles. The van der Waals surface area contributed by atoms with Crippen molar-refractivity contribution in [3.05, 3.63) is 10.0 Å². The summed E-state index contributed by atoms with van der Waals surface area (Å²) in [6, 6.07) is 0.179. The largest absolute Gasteiger partial charge is 0.428 e. The Labute approximate surface area is 134 Å². The van der Waals surface area contributed by atoms with Crippen molar-refractivity contribution in [3.63, 3.8) is 0 Å². The van der Waals surface area contributed by atoms with Gasteiger partial charge >= 0.3 is 6.18 Å². The number of halogens is 4. The number of hydrogen-bond acceptors (Lipinski definition) is 5. The number of carbonyl (C=O) groups is 1. The van der Waals surface area contributed by atoms with Gasteiger partial charge in [-0.15, -0.1) is 0 Å². The van der Waals surface area contributed by atoms with Crippen LogP contribution in [0.3, 0.4) is 0 Å². The van der Waals surface area contributed by atoms with E-state index in [0.29, 0.717) is 30.8 Å². The predicted molar refractivity (Wildman–Crippen MR) is 79.6 cm³/mol. The fourth-order valence-corrected chi connectivity index (χ4v) is 3.30. The molecule has 1 aliphatic carbocycles. The van der Waals surface area contributed by atoms with E-state index in [2.05, 4.69) is 22.0 Å². The molecular weight excluding hydrogens is 341 g/mol. The van der Waals surface area contributed by atoms with Crippen LogP contribution in [0.1, 0.15) is 17.7 Å². The third-order valence-corrected chi connectivity index (χ3v) is 4.99. The molecule has 0 bridgehead atoms. The average molecular weight is 355 g/mol. The van der Waals surface area contributed by atoms with Gasteiger partial charge in [0.25, 0.3) is 0 Å². The Balaban J connectivity index is 1.99. The van der Waals surface area contributed by atoms with Crippen molar-refractivity contribution in [2.24, 2.45) is 10.9 Å². The number of hydrogen-bond donors (Lipinski definition) is 1. The Bertz CT molecular complexity index is 571. The number of amides is 1. The molecule has 1 saturated carbocycles. The molecule has 122 valence electrons. The van der Waals surface area contributed by atoms with Gasteiger partial charge in [-0.2, -0.15) is 13.2 Å². The van der Waals surface area contributed by atoms with Crippen molar-refractivity contribution in [1.29, 1.82) is 0 Å². The molecule has 0 unspecified atom stereocenters. The predicted octanol–water partition coefficient (Wildman–Crippen LogP) is 2.80. The van der Waals surface area contributed by atoms with Gasteiger partial charge < -0.3 is 0 Å². The van der Waals surface area contributed by atoms with Crippen LogP contribution in [0.15, 0.2) is 4.99 Å². The number of nitrogens with one attached hydrogen (secondary N) is 1. The van der Waals surface area contributed by atoms with Crippen molar-refractivity contribution in [3.8, 4) is 0 Å². The van der Waals surface area contributed by atoms with Crippen LogP contribution in [0, 0.1) is 5.92 Å². The summed E-state index contributed by atoms with van der Waals surface area (Å²) in [5, 5.41) is 2.41. The molecule has 0 aliphatic heterocycles. The maximum atomic E-state index is 12.7. The Morgan fingerprint density at radius 1 is 1.59 bits per heavy atom. The summed E-state index contributed by atoms with van der Waals surface area (Å²) < 4.78 is 38.1. The molecule has 2 rings (SSSR count). The molecule has 1 heterocycles. The van der Waals surface area contributed by atoms with E-state index in [4.69, 9.17) is 11.6 Å². The van der Waals surface area contributed by atoms with Gasteiger partial charge in [0.1, 0.15) is 4.88 Å². The van der Waals surface area contributed by atoms with Crippen molar-refractivity contribution >= 4 is 40.7 Å². The van der Waals surface area contributed by atoms with Gasteiger partial charge in [-0.25, -0.2) is 4.98 Å². The summed E-state index contributed by atoms with van der Waals surface area (Å²) in [6.07, 6.45) is -3.34. The molecule has 5 nitrogen and oxygen atoms in total. The summed E-state index contributed by atoms with van der Waals surface area (Å²) in [6.45, 7) is 3.76. The van der Waals surface area contributed by atoms with E-state index in [9.17, 15) is 18.0 Å². The third-order valence-electron chi connectivity index (χ3n) is 3.43. The normalized spacial score (nSPS) is 21.3. The maximum absolute atomic E-state index is 12.7. The van der Waals surface area contributed by atoms with Gasteiger partial charge in [-0.3, -0.25) is 20.0 Å². The molecule has 1 N–H and O–H groups in total. The smallest absolute Gasteiger partial charge is 0.296 e. The second-order valence-corrected chi connectivity index (χ2v) is 6.30. The molecule has 22 heavy (non-hydrogen) atoms. The highest BCUT2D eigenvalue weighted by Crippen LogP contribution is 2.42. The van der Waals surface area contributed by atoms with Crippen LogP contribution in [0.4, 0.5) is 18.3 Å². The van der Waals surface area contributed by atoms with Gasteiger partial charge in [-0.1, -0.05) is 22.9 Å². The first kappa shape index (κ1) is 17.2. The van der Waals surface area contributed by atoms with E-state index in [-0.39, 0.29) is 23.0 Å². The Kier molecular flexibility index (Phi) is 5.08. The van der Waals surface area contributed by atoms with Crippen LogP contribution in [0.2, 0.25) is 5.15 Å². The zero-order valence-electron chi connectivity index (χ0n) is 11.7. The summed E-state index contributed by atoms with van der Waals surface area (Å²) in [4.78, 5) is 19.7. The topological polar surface area (TPSA) is 57.6 Å². The molecule has 1 aromatic rings. The standard InChI is InChI=1S/C12H14ClF3N4OS/c1-17-5-18-7-3-6(4-7)10(21)20(2)11-19-9(13)8(22-11)12(14,15)16/h6-7,18H,1,3-5H2,2H3. The van der Waals surface area contributed by atoms with Crippen molar-refractivity contribution in [1.82, 2.24) is 10.3 Å².